The monoisotopic (exact) mass is 172 g/mol. The lowest BCUT2D eigenvalue weighted by atomic mass is 9.78. The van der Waals surface area contributed by atoms with Gasteiger partial charge in [-0.3, -0.25) is 0 Å². The summed E-state index contributed by atoms with van der Waals surface area (Å²) in [5, 5.41) is 26.2. The van der Waals surface area contributed by atoms with E-state index in [1.807, 2.05) is 6.07 Å². The molecule has 62 valence electrons. The zero-order chi connectivity index (χ0) is 9.84. The summed E-state index contributed by atoms with van der Waals surface area (Å²) in [6.45, 7) is 6.73. The van der Waals surface area contributed by atoms with E-state index in [1.165, 1.54) is 18.2 Å². The van der Waals surface area contributed by atoms with Crippen LogP contribution in [0.15, 0.2) is 18.2 Å². The predicted octanol–water partition coefficient (Wildman–Crippen LogP) is -0.211. The first-order valence-corrected chi connectivity index (χ1v) is 3.46. The summed E-state index contributed by atoms with van der Waals surface area (Å²) in [6.07, 6.45) is 0. The van der Waals surface area contributed by atoms with Crippen LogP contribution in [0.1, 0.15) is 5.56 Å². The van der Waals surface area contributed by atoms with Crippen LogP contribution >= 0.6 is 0 Å². The highest BCUT2D eigenvalue weighted by Crippen LogP contribution is 2.10. The van der Waals surface area contributed by atoms with E-state index in [0.29, 0.717) is 5.56 Å². The highest BCUT2D eigenvalue weighted by molar-refractivity contribution is 6.60. The molecule has 4 nitrogen and oxygen atoms in total. The van der Waals surface area contributed by atoms with Gasteiger partial charge in [-0.1, -0.05) is 18.2 Å². The maximum Gasteiger partial charge on any atom is 0.477 e. The van der Waals surface area contributed by atoms with Crippen molar-refractivity contribution in [3.63, 3.8) is 0 Å². The maximum absolute atomic E-state index is 8.86. The van der Waals surface area contributed by atoms with Crippen molar-refractivity contribution in [2.45, 2.75) is 0 Å². The molecule has 1 aromatic rings. The van der Waals surface area contributed by atoms with Gasteiger partial charge in [0, 0.05) is 5.56 Å². The van der Waals surface area contributed by atoms with Crippen LogP contribution in [0.2, 0.25) is 0 Å². The second-order valence-corrected chi connectivity index (χ2v) is 2.37. The molecule has 0 amide bonds. The normalized spacial score (nSPS) is 8.62. The Balaban J connectivity index is 3.30. The van der Waals surface area contributed by atoms with Crippen LogP contribution in [-0.2, 0) is 0 Å². The molecule has 0 aliphatic heterocycles. The largest absolute Gasteiger partial charge is 0.477 e. The molecule has 0 spiro atoms. The summed E-state index contributed by atoms with van der Waals surface area (Å²) in [6, 6.07) is 5.98. The minimum absolute atomic E-state index is 0.0639. The Labute approximate surface area is 75.6 Å². The van der Waals surface area contributed by atoms with Gasteiger partial charge in [0.2, 0.25) is 0 Å². The minimum atomic E-state index is -1.71. The molecule has 13 heavy (non-hydrogen) atoms. The molecule has 0 bridgehead atoms. The van der Waals surface area contributed by atoms with Gasteiger partial charge in [0.15, 0.2) is 5.69 Å². The average Bonchev–Trinajstić information content (AvgIpc) is 2.16. The van der Waals surface area contributed by atoms with Gasteiger partial charge < -0.3 is 10.0 Å². The van der Waals surface area contributed by atoms with E-state index in [-0.39, 0.29) is 11.2 Å². The molecular weight excluding hydrogens is 167 g/mol. The maximum atomic E-state index is 8.86. The van der Waals surface area contributed by atoms with Crippen molar-refractivity contribution in [3.8, 4) is 6.07 Å². The Morgan fingerprint density at radius 1 is 1.46 bits per heavy atom. The first kappa shape index (κ1) is 9.27. The van der Waals surface area contributed by atoms with Crippen LogP contribution in [0, 0.1) is 17.9 Å². The predicted molar refractivity (Wildman–Crippen MR) is 47.2 cm³/mol. The smallest absolute Gasteiger partial charge is 0.424 e. The third kappa shape index (κ3) is 1.85. The Morgan fingerprint density at radius 2 is 2.15 bits per heavy atom. The zero-order valence-electron chi connectivity index (χ0n) is 6.60. The Kier molecular flexibility index (Phi) is 2.66. The lowest BCUT2D eigenvalue weighted by molar-refractivity contribution is 0.426. The Bertz CT molecular complexity index is 404. The lowest BCUT2D eigenvalue weighted by Crippen LogP contribution is -2.30. The van der Waals surface area contributed by atoms with Gasteiger partial charge in [0.25, 0.3) is 0 Å². The second-order valence-electron chi connectivity index (χ2n) is 2.37. The summed E-state index contributed by atoms with van der Waals surface area (Å²) in [4.78, 5) is 3.09. The number of nitrogens with zero attached hydrogens (tertiary/aromatic N) is 2. The van der Waals surface area contributed by atoms with Crippen molar-refractivity contribution in [2.75, 3.05) is 0 Å². The summed E-state index contributed by atoms with van der Waals surface area (Å²) in [5.74, 6) is 0. The van der Waals surface area contributed by atoms with Crippen LogP contribution in [-0.4, -0.2) is 17.2 Å². The number of rotatable bonds is 1. The van der Waals surface area contributed by atoms with E-state index < -0.39 is 7.12 Å². The molecule has 0 heterocycles. The zero-order valence-corrected chi connectivity index (χ0v) is 6.60. The van der Waals surface area contributed by atoms with Crippen LogP contribution in [0.5, 0.6) is 0 Å². The van der Waals surface area contributed by atoms with Crippen LogP contribution in [0.3, 0.4) is 0 Å². The third-order valence-corrected chi connectivity index (χ3v) is 1.56. The molecule has 0 fully saturated rings. The standard InChI is InChI=1S/C8H5BN2O2/c1-11-8-3-2-6(5-10)4-7(8)9(12)13/h2-4,12-13H. The fourth-order valence-corrected chi connectivity index (χ4v) is 0.933. The molecular formula is C8H5BN2O2. The van der Waals surface area contributed by atoms with Crippen molar-refractivity contribution < 1.29 is 10.0 Å². The summed E-state index contributed by atoms with van der Waals surface area (Å²) < 4.78 is 0. The molecule has 1 aromatic carbocycles. The van der Waals surface area contributed by atoms with E-state index in [2.05, 4.69) is 4.85 Å². The van der Waals surface area contributed by atoms with E-state index in [1.54, 1.807) is 0 Å². The molecule has 0 aliphatic carbocycles. The number of nitriles is 1. The molecule has 0 radical (unpaired) electrons. The highest BCUT2D eigenvalue weighted by atomic mass is 16.4. The summed E-state index contributed by atoms with van der Waals surface area (Å²) in [7, 11) is -1.71. The quantitative estimate of drug-likeness (QED) is 0.454. The van der Waals surface area contributed by atoms with Gasteiger partial charge in [0.05, 0.1) is 12.6 Å². The van der Waals surface area contributed by atoms with Gasteiger partial charge in [-0.15, -0.1) is 0 Å². The van der Waals surface area contributed by atoms with E-state index in [0.717, 1.165) is 0 Å². The van der Waals surface area contributed by atoms with Gasteiger partial charge in [-0.25, -0.2) is 4.85 Å². The van der Waals surface area contributed by atoms with Crippen LogP contribution < -0.4 is 5.46 Å². The van der Waals surface area contributed by atoms with Gasteiger partial charge >= 0.3 is 7.12 Å². The topological polar surface area (TPSA) is 68.6 Å². The Hall–Kier alpha value is -1.82. The molecule has 0 unspecified atom stereocenters. The van der Waals surface area contributed by atoms with Crippen molar-refractivity contribution in [1.82, 2.24) is 0 Å². The highest BCUT2D eigenvalue weighted by Gasteiger charge is 2.16. The molecule has 0 atom stereocenters. The van der Waals surface area contributed by atoms with Gasteiger partial charge in [-0.05, 0) is 5.46 Å². The molecule has 0 aliphatic rings. The molecule has 0 saturated carbocycles. The lowest BCUT2D eigenvalue weighted by Gasteiger charge is -2.01. The third-order valence-electron chi connectivity index (χ3n) is 1.56. The van der Waals surface area contributed by atoms with Crippen LogP contribution in [0.25, 0.3) is 4.85 Å². The fourth-order valence-electron chi connectivity index (χ4n) is 0.933. The van der Waals surface area contributed by atoms with Crippen molar-refractivity contribution in [2.24, 2.45) is 0 Å². The van der Waals surface area contributed by atoms with Crippen molar-refractivity contribution in [1.29, 1.82) is 5.26 Å². The second kappa shape index (κ2) is 3.73. The fraction of sp³-hybridized carbons (Fsp3) is 0. The van der Waals surface area contributed by atoms with Crippen molar-refractivity contribution in [3.05, 3.63) is 35.2 Å². The first-order chi connectivity index (χ1) is 6.19. The minimum Gasteiger partial charge on any atom is -0.424 e. The molecule has 2 N–H and O–H groups in total. The summed E-state index contributed by atoms with van der Waals surface area (Å²) in [5.41, 5.74) is 0.513. The van der Waals surface area contributed by atoms with E-state index >= 15 is 0 Å². The first-order valence-electron chi connectivity index (χ1n) is 3.46. The molecule has 0 saturated heterocycles. The van der Waals surface area contributed by atoms with Crippen LogP contribution in [0.4, 0.5) is 5.69 Å². The van der Waals surface area contributed by atoms with Crippen molar-refractivity contribution >= 4 is 18.3 Å². The molecule has 5 heteroatoms. The number of benzene rings is 1. The SMILES string of the molecule is [C-]#[N+]c1ccc(C#N)cc1B(O)O. The summed E-state index contributed by atoms with van der Waals surface area (Å²) >= 11 is 0. The average molecular weight is 172 g/mol. The molecule has 1 rings (SSSR count). The van der Waals surface area contributed by atoms with Gasteiger partial charge in [-0.2, -0.15) is 5.26 Å². The van der Waals surface area contributed by atoms with E-state index in [9.17, 15) is 0 Å². The van der Waals surface area contributed by atoms with E-state index in [4.69, 9.17) is 21.9 Å². The number of hydrogen-bond donors (Lipinski definition) is 2. The Morgan fingerprint density at radius 3 is 2.62 bits per heavy atom. The van der Waals surface area contributed by atoms with Gasteiger partial charge in [0.1, 0.15) is 0 Å². The number of hydrogen-bond acceptors (Lipinski definition) is 3. The molecule has 0 aromatic heterocycles.